The van der Waals surface area contributed by atoms with Crippen molar-refractivity contribution in [2.75, 3.05) is 5.75 Å². The molecule has 0 amide bonds. The van der Waals surface area contributed by atoms with E-state index >= 15 is 0 Å². The van der Waals surface area contributed by atoms with Crippen LogP contribution in [0.25, 0.3) is 11.0 Å². The zero-order valence-electron chi connectivity index (χ0n) is 7.90. The van der Waals surface area contributed by atoms with Gasteiger partial charge in [-0.3, -0.25) is 0 Å². The molecule has 0 radical (unpaired) electrons. The zero-order valence-corrected chi connectivity index (χ0v) is 8.71. The Kier molecular flexibility index (Phi) is 2.47. The number of aryl methyl sites for hydroxylation is 1. The molecule has 14 heavy (non-hydrogen) atoms. The van der Waals surface area contributed by atoms with Crippen molar-refractivity contribution >= 4 is 22.8 Å². The lowest BCUT2D eigenvalue weighted by Crippen LogP contribution is -1.90. The van der Waals surface area contributed by atoms with Gasteiger partial charge in [0.15, 0.2) is 5.16 Å². The molecule has 0 bridgehead atoms. The summed E-state index contributed by atoms with van der Waals surface area (Å²) in [7, 11) is 2.01. The van der Waals surface area contributed by atoms with Gasteiger partial charge in [-0.1, -0.05) is 29.8 Å². The molecule has 0 unspecified atom stereocenters. The SMILES string of the molecule is C#CCSc1nc2ccccc2n1C. The van der Waals surface area contributed by atoms with Crippen molar-refractivity contribution in [3.63, 3.8) is 0 Å². The smallest absolute Gasteiger partial charge is 0.169 e. The number of para-hydroxylation sites is 2. The maximum absolute atomic E-state index is 5.21. The second-order valence-corrected chi connectivity index (χ2v) is 3.88. The number of benzene rings is 1. The number of aromatic nitrogens is 2. The maximum atomic E-state index is 5.21. The fourth-order valence-corrected chi connectivity index (χ4v) is 2.03. The summed E-state index contributed by atoms with van der Waals surface area (Å²) in [6.45, 7) is 0. The number of nitrogens with zero attached hydrogens (tertiary/aromatic N) is 2. The molecule has 3 heteroatoms. The van der Waals surface area contributed by atoms with Crippen LogP contribution in [0.1, 0.15) is 0 Å². The van der Waals surface area contributed by atoms with Gasteiger partial charge in [-0.05, 0) is 12.1 Å². The third-order valence-electron chi connectivity index (χ3n) is 2.03. The summed E-state index contributed by atoms with van der Waals surface area (Å²) in [5, 5.41) is 0.976. The van der Waals surface area contributed by atoms with Gasteiger partial charge in [0.2, 0.25) is 0 Å². The molecule has 0 aliphatic rings. The molecule has 2 rings (SSSR count). The van der Waals surface area contributed by atoms with Crippen LogP contribution < -0.4 is 0 Å². The number of terminal acetylenes is 1. The topological polar surface area (TPSA) is 17.8 Å². The van der Waals surface area contributed by atoms with E-state index in [0.29, 0.717) is 5.75 Å². The van der Waals surface area contributed by atoms with E-state index in [-0.39, 0.29) is 0 Å². The first-order valence-electron chi connectivity index (χ1n) is 4.30. The summed E-state index contributed by atoms with van der Waals surface area (Å²) in [5.41, 5.74) is 2.17. The first-order chi connectivity index (χ1) is 6.83. The third-order valence-corrected chi connectivity index (χ3v) is 2.97. The quantitative estimate of drug-likeness (QED) is 0.549. The molecule has 0 saturated carbocycles. The van der Waals surface area contributed by atoms with Crippen LogP contribution in [-0.4, -0.2) is 15.3 Å². The minimum Gasteiger partial charge on any atom is -0.322 e. The van der Waals surface area contributed by atoms with Crippen molar-refractivity contribution < 1.29 is 0 Å². The van der Waals surface area contributed by atoms with Gasteiger partial charge in [-0.2, -0.15) is 0 Å². The molecular weight excluding hydrogens is 192 g/mol. The summed E-state index contributed by atoms with van der Waals surface area (Å²) in [4.78, 5) is 4.48. The van der Waals surface area contributed by atoms with Crippen molar-refractivity contribution in [3.05, 3.63) is 24.3 Å². The maximum Gasteiger partial charge on any atom is 0.169 e. The van der Waals surface area contributed by atoms with Crippen LogP contribution in [0, 0.1) is 12.3 Å². The van der Waals surface area contributed by atoms with Crippen LogP contribution in [0.5, 0.6) is 0 Å². The highest BCUT2D eigenvalue weighted by Crippen LogP contribution is 2.21. The van der Waals surface area contributed by atoms with Crippen LogP contribution >= 0.6 is 11.8 Å². The summed E-state index contributed by atoms with van der Waals surface area (Å²) in [5.74, 6) is 3.26. The van der Waals surface area contributed by atoms with E-state index in [0.717, 1.165) is 16.2 Å². The zero-order chi connectivity index (χ0) is 9.97. The highest BCUT2D eigenvalue weighted by atomic mass is 32.2. The van der Waals surface area contributed by atoms with Gasteiger partial charge in [0.25, 0.3) is 0 Å². The molecule has 1 aromatic heterocycles. The van der Waals surface area contributed by atoms with Crippen LogP contribution in [0.4, 0.5) is 0 Å². The third kappa shape index (κ3) is 1.49. The van der Waals surface area contributed by atoms with E-state index < -0.39 is 0 Å². The fraction of sp³-hybridized carbons (Fsp3) is 0.182. The summed E-state index contributed by atoms with van der Waals surface area (Å²) < 4.78 is 2.07. The molecule has 2 aromatic rings. The van der Waals surface area contributed by atoms with Crippen molar-refractivity contribution in [1.82, 2.24) is 9.55 Å². The molecule has 70 valence electrons. The Balaban J connectivity index is 2.47. The summed E-state index contributed by atoms with van der Waals surface area (Å²) >= 11 is 1.59. The Labute approximate surface area is 87.3 Å². The normalized spacial score (nSPS) is 10.3. The monoisotopic (exact) mass is 202 g/mol. The van der Waals surface area contributed by atoms with E-state index in [1.54, 1.807) is 11.8 Å². The molecule has 0 spiro atoms. The highest BCUT2D eigenvalue weighted by Gasteiger charge is 2.05. The van der Waals surface area contributed by atoms with E-state index in [2.05, 4.69) is 21.5 Å². The van der Waals surface area contributed by atoms with Crippen LogP contribution in [0.15, 0.2) is 29.4 Å². The molecule has 0 atom stereocenters. The second-order valence-electron chi connectivity index (χ2n) is 2.93. The van der Waals surface area contributed by atoms with E-state index in [9.17, 15) is 0 Å². The van der Waals surface area contributed by atoms with Gasteiger partial charge >= 0.3 is 0 Å². The fourth-order valence-electron chi connectivity index (χ4n) is 1.36. The number of rotatable bonds is 2. The lowest BCUT2D eigenvalue weighted by molar-refractivity contribution is 0.816. The van der Waals surface area contributed by atoms with Crippen molar-refractivity contribution in [2.24, 2.45) is 7.05 Å². The number of hydrogen-bond donors (Lipinski definition) is 0. The van der Waals surface area contributed by atoms with Crippen LogP contribution in [0.2, 0.25) is 0 Å². The predicted molar refractivity (Wildman–Crippen MR) is 60.3 cm³/mol. The molecule has 0 aliphatic heterocycles. The van der Waals surface area contributed by atoms with Gasteiger partial charge in [0.1, 0.15) is 0 Å². The number of imidazole rings is 1. The van der Waals surface area contributed by atoms with Crippen molar-refractivity contribution in [2.45, 2.75) is 5.16 Å². The largest absolute Gasteiger partial charge is 0.322 e. The number of hydrogen-bond acceptors (Lipinski definition) is 2. The number of fused-ring (bicyclic) bond motifs is 1. The average molecular weight is 202 g/mol. The molecule has 1 aromatic carbocycles. The van der Waals surface area contributed by atoms with Crippen molar-refractivity contribution in [1.29, 1.82) is 0 Å². The predicted octanol–water partition coefficient (Wildman–Crippen LogP) is 2.30. The molecule has 0 aliphatic carbocycles. The molecule has 0 saturated heterocycles. The summed E-state index contributed by atoms with van der Waals surface area (Å²) in [6.07, 6.45) is 5.21. The standard InChI is InChI=1S/C11H10N2S/c1-3-8-14-11-12-9-6-4-5-7-10(9)13(11)2/h1,4-7H,8H2,2H3. The lowest BCUT2D eigenvalue weighted by Gasteiger charge is -1.97. The molecular formula is C11H10N2S. The minimum atomic E-state index is 0.664. The Morgan fingerprint density at radius 1 is 1.50 bits per heavy atom. The van der Waals surface area contributed by atoms with E-state index in [1.165, 1.54) is 0 Å². The van der Waals surface area contributed by atoms with Gasteiger partial charge < -0.3 is 4.57 Å². The van der Waals surface area contributed by atoms with Gasteiger partial charge in [0.05, 0.1) is 16.8 Å². The van der Waals surface area contributed by atoms with E-state index in [1.807, 2.05) is 25.2 Å². The average Bonchev–Trinajstić information content (AvgIpc) is 2.54. The second kappa shape index (κ2) is 3.77. The molecule has 0 N–H and O–H groups in total. The van der Waals surface area contributed by atoms with Gasteiger partial charge in [0, 0.05) is 7.05 Å². The Morgan fingerprint density at radius 3 is 3.00 bits per heavy atom. The first-order valence-corrected chi connectivity index (χ1v) is 5.29. The Hall–Kier alpha value is -1.40. The molecule has 2 nitrogen and oxygen atoms in total. The highest BCUT2D eigenvalue weighted by molar-refractivity contribution is 7.99. The first kappa shape index (κ1) is 9.17. The Morgan fingerprint density at radius 2 is 2.29 bits per heavy atom. The van der Waals surface area contributed by atoms with E-state index in [4.69, 9.17) is 6.42 Å². The van der Waals surface area contributed by atoms with Gasteiger partial charge in [-0.15, -0.1) is 6.42 Å². The lowest BCUT2D eigenvalue weighted by atomic mass is 10.3. The minimum absolute atomic E-state index is 0.664. The molecule has 0 fully saturated rings. The van der Waals surface area contributed by atoms with Crippen LogP contribution in [-0.2, 0) is 7.05 Å². The van der Waals surface area contributed by atoms with Crippen molar-refractivity contribution in [3.8, 4) is 12.3 Å². The molecule has 1 heterocycles. The number of thioether (sulfide) groups is 1. The van der Waals surface area contributed by atoms with Gasteiger partial charge in [-0.25, -0.2) is 4.98 Å². The summed E-state index contributed by atoms with van der Waals surface area (Å²) in [6, 6.07) is 8.07. The Bertz CT molecular complexity index is 493. The van der Waals surface area contributed by atoms with Crippen LogP contribution in [0.3, 0.4) is 0 Å².